The Balaban J connectivity index is 1.68. The minimum Gasteiger partial charge on any atom is -0.377 e. The van der Waals surface area contributed by atoms with Gasteiger partial charge in [-0.15, -0.1) is 0 Å². The van der Waals surface area contributed by atoms with Crippen molar-refractivity contribution >= 4 is 17.3 Å². The molecule has 0 aromatic heterocycles. The highest BCUT2D eigenvalue weighted by Gasteiger charge is 2.31. The quantitative estimate of drug-likeness (QED) is 0.851. The second-order valence-corrected chi connectivity index (χ2v) is 7.09. The lowest BCUT2D eigenvalue weighted by Gasteiger charge is -2.43. The van der Waals surface area contributed by atoms with Gasteiger partial charge >= 0.3 is 6.18 Å². The Morgan fingerprint density at radius 3 is 2.26 bits per heavy atom. The molecule has 0 radical (unpaired) electrons. The number of alkyl halides is 3. The molecule has 3 rings (SSSR count). The summed E-state index contributed by atoms with van der Waals surface area (Å²) in [5.41, 5.74) is 0.868. The molecule has 27 heavy (non-hydrogen) atoms. The molecule has 4 nitrogen and oxygen atoms in total. The van der Waals surface area contributed by atoms with Crippen molar-refractivity contribution in [3.63, 3.8) is 0 Å². The van der Waals surface area contributed by atoms with Gasteiger partial charge in [0.1, 0.15) is 0 Å². The van der Waals surface area contributed by atoms with Gasteiger partial charge < -0.3 is 15.0 Å². The minimum atomic E-state index is -4.42. The number of carbonyl (C=O) groups excluding carboxylic acids is 1. The van der Waals surface area contributed by atoms with Crippen molar-refractivity contribution in [2.24, 2.45) is 0 Å². The first-order valence-corrected chi connectivity index (χ1v) is 8.61. The molecule has 2 aromatic rings. The van der Waals surface area contributed by atoms with E-state index in [0.717, 1.165) is 24.4 Å². The van der Waals surface area contributed by atoms with Gasteiger partial charge in [0.05, 0.1) is 24.3 Å². The molecular weight excluding hydrogens is 357 g/mol. The van der Waals surface area contributed by atoms with Gasteiger partial charge in [-0.25, -0.2) is 0 Å². The van der Waals surface area contributed by atoms with Gasteiger partial charge in [0.15, 0.2) is 0 Å². The molecular formula is C20H21F3N2O2. The summed E-state index contributed by atoms with van der Waals surface area (Å²) >= 11 is 0. The van der Waals surface area contributed by atoms with Crippen LogP contribution in [0.1, 0.15) is 29.8 Å². The van der Waals surface area contributed by atoms with Crippen molar-refractivity contribution in [2.45, 2.75) is 25.6 Å². The number of hydrogen-bond donors (Lipinski definition) is 1. The van der Waals surface area contributed by atoms with Crippen LogP contribution in [0.15, 0.2) is 48.5 Å². The van der Waals surface area contributed by atoms with Crippen LogP contribution < -0.4 is 10.2 Å². The Kier molecular flexibility index (Phi) is 5.15. The van der Waals surface area contributed by atoms with Crippen molar-refractivity contribution in [3.8, 4) is 0 Å². The lowest BCUT2D eigenvalue weighted by molar-refractivity contribution is -0.137. The first-order valence-electron chi connectivity index (χ1n) is 8.61. The van der Waals surface area contributed by atoms with E-state index in [1.165, 1.54) is 12.1 Å². The van der Waals surface area contributed by atoms with Crippen LogP contribution in [-0.2, 0) is 10.9 Å². The van der Waals surface area contributed by atoms with Crippen LogP contribution in [0.2, 0.25) is 0 Å². The minimum absolute atomic E-state index is 0.122. The third-order valence-electron chi connectivity index (χ3n) is 4.56. The molecule has 7 heteroatoms. The van der Waals surface area contributed by atoms with E-state index in [2.05, 4.69) is 24.1 Å². The van der Waals surface area contributed by atoms with Crippen LogP contribution >= 0.6 is 0 Å². The van der Waals surface area contributed by atoms with Gasteiger partial charge in [0.25, 0.3) is 5.91 Å². The molecule has 1 fully saturated rings. The smallest absolute Gasteiger partial charge is 0.377 e. The van der Waals surface area contributed by atoms with Crippen molar-refractivity contribution in [1.29, 1.82) is 0 Å². The number of morpholine rings is 1. The van der Waals surface area contributed by atoms with Crippen molar-refractivity contribution in [1.82, 2.24) is 0 Å². The molecule has 0 aliphatic carbocycles. The molecule has 1 amide bonds. The lowest BCUT2D eigenvalue weighted by Crippen LogP contribution is -2.53. The van der Waals surface area contributed by atoms with Crippen molar-refractivity contribution < 1.29 is 22.7 Å². The van der Waals surface area contributed by atoms with Crippen LogP contribution in [-0.4, -0.2) is 31.2 Å². The number of ether oxygens (including phenoxy) is 1. The van der Waals surface area contributed by atoms with Crippen LogP contribution in [0.4, 0.5) is 24.5 Å². The molecule has 1 N–H and O–H groups in total. The van der Waals surface area contributed by atoms with Gasteiger partial charge in [-0.05, 0) is 62.4 Å². The number of anilines is 2. The predicted octanol–water partition coefficient (Wildman–Crippen LogP) is 4.57. The van der Waals surface area contributed by atoms with E-state index in [1.807, 2.05) is 12.1 Å². The fourth-order valence-electron chi connectivity index (χ4n) is 3.08. The molecule has 0 bridgehead atoms. The number of halogens is 3. The van der Waals surface area contributed by atoms with E-state index >= 15 is 0 Å². The summed E-state index contributed by atoms with van der Waals surface area (Å²) in [5.74, 6) is -0.455. The number of rotatable bonds is 3. The number of carbonyl (C=O) groups is 1. The Labute approximate surface area is 155 Å². The number of amides is 1. The van der Waals surface area contributed by atoms with Crippen LogP contribution in [0.3, 0.4) is 0 Å². The summed E-state index contributed by atoms with van der Waals surface area (Å²) in [6.07, 6.45) is -4.42. The van der Waals surface area contributed by atoms with Gasteiger partial charge in [0.2, 0.25) is 0 Å². The standard InChI is InChI=1S/C20H21F3N2O2/c1-19(2)13-27-12-11-25(19)17-9-7-16(8-10-17)24-18(26)14-3-5-15(6-4-14)20(21,22)23/h3-10H,11-13H2,1-2H3,(H,24,26). The van der Waals surface area contributed by atoms with E-state index < -0.39 is 17.6 Å². The third kappa shape index (κ3) is 4.42. The maximum atomic E-state index is 12.6. The average molecular weight is 378 g/mol. The molecule has 1 aliphatic rings. The highest BCUT2D eigenvalue weighted by atomic mass is 19.4. The van der Waals surface area contributed by atoms with Crippen LogP contribution in [0.5, 0.6) is 0 Å². The highest BCUT2D eigenvalue weighted by molar-refractivity contribution is 6.04. The Morgan fingerprint density at radius 1 is 1.07 bits per heavy atom. The zero-order valence-electron chi connectivity index (χ0n) is 15.1. The number of nitrogens with one attached hydrogen (secondary N) is 1. The molecule has 0 atom stereocenters. The first-order chi connectivity index (χ1) is 12.7. The second kappa shape index (κ2) is 7.23. The second-order valence-electron chi connectivity index (χ2n) is 7.09. The first kappa shape index (κ1) is 19.2. The molecule has 144 valence electrons. The largest absolute Gasteiger partial charge is 0.416 e. The summed E-state index contributed by atoms with van der Waals surface area (Å²) < 4.78 is 43.3. The van der Waals surface area contributed by atoms with E-state index in [4.69, 9.17) is 4.74 Å². The van der Waals surface area contributed by atoms with Gasteiger partial charge in [-0.1, -0.05) is 0 Å². The topological polar surface area (TPSA) is 41.6 Å². The molecule has 0 spiro atoms. The van der Waals surface area contributed by atoms with E-state index in [0.29, 0.717) is 18.9 Å². The molecule has 0 saturated carbocycles. The summed E-state index contributed by atoms with van der Waals surface area (Å²) in [4.78, 5) is 14.5. The third-order valence-corrected chi connectivity index (χ3v) is 4.56. The van der Waals surface area contributed by atoms with Gasteiger partial charge in [0, 0.05) is 23.5 Å². The van der Waals surface area contributed by atoms with Gasteiger partial charge in [-0.2, -0.15) is 13.2 Å². The molecule has 1 heterocycles. The monoisotopic (exact) mass is 378 g/mol. The van der Waals surface area contributed by atoms with Crippen molar-refractivity contribution in [2.75, 3.05) is 30.0 Å². The zero-order valence-corrected chi connectivity index (χ0v) is 15.1. The summed E-state index contributed by atoms with van der Waals surface area (Å²) in [7, 11) is 0. The predicted molar refractivity (Wildman–Crippen MR) is 98.1 cm³/mol. The fraction of sp³-hybridized carbons (Fsp3) is 0.350. The Bertz CT molecular complexity index is 799. The highest BCUT2D eigenvalue weighted by Crippen LogP contribution is 2.30. The molecule has 1 aliphatic heterocycles. The summed E-state index contributed by atoms with van der Waals surface area (Å²) in [6.45, 7) is 6.29. The number of hydrogen-bond acceptors (Lipinski definition) is 3. The normalized spacial score (nSPS) is 16.9. The number of benzene rings is 2. The summed E-state index contributed by atoms with van der Waals surface area (Å²) in [6, 6.07) is 11.5. The Morgan fingerprint density at radius 2 is 1.70 bits per heavy atom. The number of nitrogens with zero attached hydrogens (tertiary/aromatic N) is 1. The maximum Gasteiger partial charge on any atom is 0.416 e. The average Bonchev–Trinajstić information content (AvgIpc) is 2.61. The lowest BCUT2D eigenvalue weighted by atomic mass is 10.0. The van der Waals surface area contributed by atoms with E-state index in [1.54, 1.807) is 12.1 Å². The van der Waals surface area contributed by atoms with E-state index in [9.17, 15) is 18.0 Å². The van der Waals surface area contributed by atoms with E-state index in [-0.39, 0.29) is 11.1 Å². The molecule has 1 saturated heterocycles. The van der Waals surface area contributed by atoms with Crippen LogP contribution in [0.25, 0.3) is 0 Å². The molecule has 2 aromatic carbocycles. The van der Waals surface area contributed by atoms with Crippen LogP contribution in [0, 0.1) is 0 Å². The zero-order chi connectivity index (χ0) is 19.7. The fourth-order valence-corrected chi connectivity index (χ4v) is 3.08. The van der Waals surface area contributed by atoms with Crippen molar-refractivity contribution in [3.05, 3.63) is 59.7 Å². The van der Waals surface area contributed by atoms with Gasteiger partial charge in [-0.3, -0.25) is 4.79 Å². The Hall–Kier alpha value is -2.54. The SMILES string of the molecule is CC1(C)COCCN1c1ccc(NC(=O)c2ccc(C(F)(F)F)cc2)cc1. The maximum absolute atomic E-state index is 12.6. The summed E-state index contributed by atoms with van der Waals surface area (Å²) in [5, 5.41) is 2.70. The molecule has 0 unspecified atom stereocenters.